The Labute approximate surface area is 170 Å². The Hall–Kier alpha value is -3.08. The third kappa shape index (κ3) is 4.34. The number of anilines is 2. The van der Waals surface area contributed by atoms with Gasteiger partial charge >= 0.3 is 6.03 Å². The van der Waals surface area contributed by atoms with Crippen LogP contribution in [0.2, 0.25) is 0 Å². The van der Waals surface area contributed by atoms with Gasteiger partial charge in [-0.1, -0.05) is 25.5 Å². The summed E-state index contributed by atoms with van der Waals surface area (Å²) >= 11 is 0. The normalized spacial score (nSPS) is 14.6. The second-order valence-corrected chi connectivity index (χ2v) is 8.24. The molecule has 4 rings (SSSR count). The topological polar surface area (TPSA) is 63.1 Å². The largest absolute Gasteiger partial charge is 0.323 e. The molecule has 2 aromatic carbocycles. The number of carbonyl (C=O) groups is 1. The second-order valence-electron chi connectivity index (χ2n) is 8.24. The van der Waals surface area contributed by atoms with Gasteiger partial charge in [-0.3, -0.25) is 4.79 Å². The van der Waals surface area contributed by atoms with E-state index in [0.29, 0.717) is 16.5 Å². The van der Waals surface area contributed by atoms with Crippen molar-refractivity contribution in [2.24, 2.45) is 12.5 Å². The molecule has 0 unspecified atom stereocenters. The molecular weight excluding hydrogens is 362 g/mol. The number of urea groups is 1. The molecule has 1 aliphatic rings. The van der Waals surface area contributed by atoms with Crippen LogP contribution in [0.3, 0.4) is 0 Å². The van der Waals surface area contributed by atoms with Crippen molar-refractivity contribution in [3.8, 4) is 0 Å². The minimum Gasteiger partial charge on any atom is -0.318 e. The van der Waals surface area contributed by atoms with Gasteiger partial charge in [-0.2, -0.15) is 0 Å². The summed E-state index contributed by atoms with van der Waals surface area (Å²) in [4.78, 5) is 24.5. The molecule has 0 bridgehead atoms. The highest BCUT2D eigenvalue weighted by Gasteiger charge is 2.41. The molecule has 0 saturated heterocycles. The Balaban J connectivity index is 1.39. The number of hydrogen-bond acceptors (Lipinski definition) is 2. The molecule has 2 amide bonds. The van der Waals surface area contributed by atoms with Crippen LogP contribution in [-0.4, -0.2) is 10.6 Å². The Morgan fingerprint density at radius 1 is 1.03 bits per heavy atom. The summed E-state index contributed by atoms with van der Waals surface area (Å²) in [5.41, 5.74) is 3.22. The van der Waals surface area contributed by atoms with E-state index in [-0.39, 0.29) is 11.6 Å². The van der Waals surface area contributed by atoms with Crippen molar-refractivity contribution in [3.05, 3.63) is 70.6 Å². The Morgan fingerprint density at radius 3 is 2.41 bits per heavy atom. The molecule has 2 N–H and O–H groups in total. The summed E-state index contributed by atoms with van der Waals surface area (Å²) in [5.74, 6) is 0. The maximum atomic E-state index is 12.4. The first kappa shape index (κ1) is 19.2. The van der Waals surface area contributed by atoms with Crippen LogP contribution in [0.4, 0.5) is 16.2 Å². The Bertz CT molecular complexity index is 1100. The number of amides is 2. The SMILES string of the molecule is CCCC1(Cc2ccc(NC(=O)Nc3ccc4c(=O)n(C)ccc4c3)cc2)CC1. The molecule has 1 heterocycles. The lowest BCUT2D eigenvalue weighted by Gasteiger charge is -2.14. The number of pyridine rings is 1. The average molecular weight is 389 g/mol. The van der Waals surface area contributed by atoms with Gasteiger partial charge in [-0.15, -0.1) is 0 Å². The maximum absolute atomic E-state index is 12.4. The molecule has 0 radical (unpaired) electrons. The maximum Gasteiger partial charge on any atom is 0.323 e. The van der Waals surface area contributed by atoms with Gasteiger partial charge in [0.25, 0.3) is 5.56 Å². The lowest BCUT2D eigenvalue weighted by Crippen LogP contribution is -2.20. The predicted octanol–water partition coefficient (Wildman–Crippen LogP) is 5.31. The number of nitrogens with one attached hydrogen (secondary N) is 2. The highest BCUT2D eigenvalue weighted by atomic mass is 16.2. The highest BCUT2D eigenvalue weighted by molar-refractivity contribution is 6.01. The van der Waals surface area contributed by atoms with E-state index in [1.54, 1.807) is 29.9 Å². The quantitative estimate of drug-likeness (QED) is 0.600. The summed E-state index contributed by atoms with van der Waals surface area (Å²) in [6.07, 6.45) is 8.06. The zero-order chi connectivity index (χ0) is 20.4. The molecule has 3 aromatic rings. The summed E-state index contributed by atoms with van der Waals surface area (Å²) in [6.45, 7) is 2.25. The van der Waals surface area contributed by atoms with Crippen LogP contribution in [0.1, 0.15) is 38.2 Å². The van der Waals surface area contributed by atoms with Crippen LogP contribution < -0.4 is 16.2 Å². The minimum atomic E-state index is -0.300. The first-order valence-corrected chi connectivity index (χ1v) is 10.2. The molecule has 5 nitrogen and oxygen atoms in total. The minimum absolute atomic E-state index is 0.0505. The van der Waals surface area contributed by atoms with E-state index in [9.17, 15) is 9.59 Å². The highest BCUT2D eigenvalue weighted by Crippen LogP contribution is 2.52. The zero-order valence-corrected chi connectivity index (χ0v) is 17.0. The Morgan fingerprint density at radius 2 is 1.72 bits per heavy atom. The smallest absolute Gasteiger partial charge is 0.318 e. The summed E-state index contributed by atoms with van der Waals surface area (Å²) < 4.78 is 1.54. The van der Waals surface area contributed by atoms with Crippen LogP contribution in [0, 0.1) is 5.41 Å². The van der Waals surface area contributed by atoms with Gasteiger partial charge in [0.05, 0.1) is 0 Å². The number of hydrogen-bond donors (Lipinski definition) is 2. The zero-order valence-electron chi connectivity index (χ0n) is 17.0. The lowest BCUT2D eigenvalue weighted by atomic mass is 9.92. The monoisotopic (exact) mass is 389 g/mol. The number of fused-ring (bicyclic) bond motifs is 1. The fraction of sp³-hybridized carbons (Fsp3) is 0.333. The number of aryl methyl sites for hydroxylation is 1. The van der Waals surface area contributed by atoms with E-state index in [4.69, 9.17) is 0 Å². The van der Waals surface area contributed by atoms with Crippen molar-refractivity contribution in [1.82, 2.24) is 4.57 Å². The van der Waals surface area contributed by atoms with Gasteiger partial charge in [-0.05, 0) is 78.4 Å². The second kappa shape index (κ2) is 7.74. The molecule has 1 aromatic heterocycles. The van der Waals surface area contributed by atoms with Gasteiger partial charge in [-0.25, -0.2) is 4.79 Å². The van der Waals surface area contributed by atoms with E-state index in [1.807, 2.05) is 24.3 Å². The third-order valence-electron chi connectivity index (χ3n) is 5.87. The van der Waals surface area contributed by atoms with Crippen LogP contribution >= 0.6 is 0 Å². The van der Waals surface area contributed by atoms with E-state index in [1.165, 1.54) is 31.2 Å². The van der Waals surface area contributed by atoms with Crippen molar-refractivity contribution in [2.45, 2.75) is 39.0 Å². The first-order valence-electron chi connectivity index (χ1n) is 10.2. The molecule has 0 atom stereocenters. The molecule has 5 heteroatoms. The van der Waals surface area contributed by atoms with Crippen LogP contribution in [0.25, 0.3) is 10.8 Å². The van der Waals surface area contributed by atoms with Gasteiger partial charge in [0.15, 0.2) is 0 Å². The number of benzene rings is 2. The molecule has 1 aliphatic carbocycles. The molecule has 0 aliphatic heterocycles. The van der Waals surface area contributed by atoms with Crippen molar-refractivity contribution >= 4 is 28.2 Å². The number of rotatable bonds is 6. The third-order valence-corrected chi connectivity index (χ3v) is 5.87. The molecule has 150 valence electrons. The van der Waals surface area contributed by atoms with Crippen molar-refractivity contribution < 1.29 is 4.79 Å². The van der Waals surface area contributed by atoms with Crippen molar-refractivity contribution in [2.75, 3.05) is 10.6 Å². The standard InChI is InChI=1S/C24H27N3O2/c1-3-11-24(12-13-24)16-17-4-6-19(7-5-17)25-23(29)26-20-8-9-21-18(15-20)10-14-27(2)22(21)28/h4-10,14-15H,3,11-13,16H2,1-2H3,(H2,25,26,29). The number of aromatic nitrogens is 1. The van der Waals surface area contributed by atoms with Crippen molar-refractivity contribution in [1.29, 1.82) is 0 Å². The first-order chi connectivity index (χ1) is 14.0. The average Bonchev–Trinajstić information content (AvgIpc) is 3.46. The molecule has 29 heavy (non-hydrogen) atoms. The summed E-state index contributed by atoms with van der Waals surface area (Å²) in [6, 6.07) is 15.0. The van der Waals surface area contributed by atoms with Gasteiger partial charge < -0.3 is 15.2 Å². The van der Waals surface area contributed by atoms with Crippen LogP contribution in [0.15, 0.2) is 59.5 Å². The fourth-order valence-electron chi connectivity index (χ4n) is 4.08. The van der Waals surface area contributed by atoms with Gasteiger partial charge in [0, 0.05) is 30.0 Å². The van der Waals surface area contributed by atoms with Crippen LogP contribution in [0.5, 0.6) is 0 Å². The molecule has 1 fully saturated rings. The summed E-state index contributed by atoms with van der Waals surface area (Å²) in [7, 11) is 1.72. The predicted molar refractivity (Wildman–Crippen MR) is 119 cm³/mol. The Kier molecular flexibility index (Phi) is 5.14. The van der Waals surface area contributed by atoms with E-state index in [2.05, 4.69) is 29.7 Å². The summed E-state index contributed by atoms with van der Waals surface area (Å²) in [5, 5.41) is 7.15. The van der Waals surface area contributed by atoms with E-state index >= 15 is 0 Å². The molecule has 0 spiro atoms. The fourth-order valence-corrected chi connectivity index (χ4v) is 4.08. The molecular formula is C24H27N3O2. The lowest BCUT2D eigenvalue weighted by molar-refractivity contribution is 0.262. The van der Waals surface area contributed by atoms with Gasteiger partial charge in [0.2, 0.25) is 0 Å². The van der Waals surface area contributed by atoms with Crippen molar-refractivity contribution in [3.63, 3.8) is 0 Å². The number of carbonyl (C=O) groups excluding carboxylic acids is 1. The van der Waals surface area contributed by atoms with Gasteiger partial charge in [0.1, 0.15) is 0 Å². The van der Waals surface area contributed by atoms with Crippen LogP contribution in [-0.2, 0) is 13.5 Å². The number of nitrogens with zero attached hydrogens (tertiary/aromatic N) is 1. The molecule has 1 saturated carbocycles. The van der Waals surface area contributed by atoms with E-state index < -0.39 is 0 Å². The van der Waals surface area contributed by atoms with E-state index in [0.717, 1.165) is 17.5 Å².